The summed E-state index contributed by atoms with van der Waals surface area (Å²) in [6.45, 7) is 0. The van der Waals surface area contributed by atoms with Gasteiger partial charge in [0.2, 0.25) is 5.89 Å². The molecule has 2 aliphatic carbocycles. The summed E-state index contributed by atoms with van der Waals surface area (Å²) in [5.74, 6) is 1.36. The summed E-state index contributed by atoms with van der Waals surface area (Å²) >= 11 is 0. The van der Waals surface area contributed by atoms with E-state index in [0.29, 0.717) is 36.0 Å². The van der Waals surface area contributed by atoms with Crippen molar-refractivity contribution < 1.29 is 8.91 Å². The second kappa shape index (κ2) is 3.63. The number of hydrogen-bond donors (Lipinski definition) is 1. The molecule has 0 bridgehead atoms. The second-order valence-corrected chi connectivity index (χ2v) is 5.47. The Hall–Kier alpha value is -1.75. The van der Waals surface area contributed by atoms with E-state index >= 15 is 0 Å². The highest BCUT2D eigenvalue weighted by molar-refractivity contribution is 5.43. The summed E-state index contributed by atoms with van der Waals surface area (Å²) in [6, 6.07) is 5.01. The van der Waals surface area contributed by atoms with Crippen LogP contribution in [0.1, 0.15) is 48.0 Å². The fraction of sp³-hybridized carbons (Fsp3) is 0.429. The summed E-state index contributed by atoms with van der Waals surface area (Å²) in [7, 11) is 0. The lowest BCUT2D eigenvalue weighted by atomic mass is 9.92. The molecule has 2 aromatic rings. The largest absolute Gasteiger partial charge is 0.339 e. The third-order valence-electron chi connectivity index (χ3n) is 4.14. The van der Waals surface area contributed by atoms with Crippen LogP contribution in [-0.2, 0) is 12.0 Å². The molecule has 0 radical (unpaired) electrons. The molecule has 2 N–H and O–H groups in total. The maximum absolute atomic E-state index is 13.8. The van der Waals surface area contributed by atoms with E-state index < -0.39 is 5.54 Å². The molecule has 2 aliphatic rings. The van der Waals surface area contributed by atoms with E-state index in [1.165, 1.54) is 6.07 Å². The van der Waals surface area contributed by atoms with Gasteiger partial charge in [-0.3, -0.25) is 0 Å². The molecule has 98 valence electrons. The number of nitrogens with zero attached hydrogens (tertiary/aromatic N) is 2. The van der Waals surface area contributed by atoms with Gasteiger partial charge in [-0.25, -0.2) is 4.39 Å². The zero-order valence-corrected chi connectivity index (χ0v) is 10.4. The molecule has 5 heteroatoms. The molecule has 0 aliphatic heterocycles. The monoisotopic (exact) mass is 259 g/mol. The van der Waals surface area contributed by atoms with Crippen LogP contribution in [0, 0.1) is 5.82 Å². The highest BCUT2D eigenvalue weighted by Crippen LogP contribution is 2.42. The minimum atomic E-state index is -0.811. The molecule has 1 heterocycles. The molecule has 4 rings (SSSR count). The van der Waals surface area contributed by atoms with E-state index in [0.717, 1.165) is 18.4 Å². The van der Waals surface area contributed by atoms with Gasteiger partial charge in [0, 0.05) is 5.92 Å². The third-order valence-corrected chi connectivity index (χ3v) is 4.14. The fourth-order valence-electron chi connectivity index (χ4n) is 2.83. The Morgan fingerprint density at radius 2 is 2.21 bits per heavy atom. The molecule has 4 nitrogen and oxygen atoms in total. The second-order valence-electron chi connectivity index (χ2n) is 5.47. The van der Waals surface area contributed by atoms with Crippen molar-refractivity contribution in [1.29, 1.82) is 0 Å². The molecule has 0 amide bonds. The van der Waals surface area contributed by atoms with Crippen LogP contribution in [0.2, 0.25) is 0 Å². The smallest absolute Gasteiger partial charge is 0.229 e. The normalized spacial score (nSPS) is 25.6. The first-order valence-electron chi connectivity index (χ1n) is 6.59. The van der Waals surface area contributed by atoms with Crippen molar-refractivity contribution in [3.8, 4) is 0 Å². The van der Waals surface area contributed by atoms with Crippen molar-refractivity contribution >= 4 is 0 Å². The van der Waals surface area contributed by atoms with Crippen LogP contribution in [0.5, 0.6) is 0 Å². The molecule has 1 saturated carbocycles. The lowest BCUT2D eigenvalue weighted by molar-refractivity contribution is 0.361. The molecule has 0 saturated heterocycles. The zero-order chi connectivity index (χ0) is 13.0. The molecular weight excluding hydrogens is 245 g/mol. The Morgan fingerprint density at radius 1 is 1.37 bits per heavy atom. The Labute approximate surface area is 109 Å². The van der Waals surface area contributed by atoms with E-state index in [4.69, 9.17) is 10.3 Å². The lowest BCUT2D eigenvalue weighted by Crippen LogP contribution is -2.36. The van der Waals surface area contributed by atoms with Gasteiger partial charge < -0.3 is 10.3 Å². The van der Waals surface area contributed by atoms with Gasteiger partial charge in [-0.2, -0.15) is 4.98 Å². The molecule has 1 fully saturated rings. The molecule has 1 aromatic carbocycles. The predicted octanol–water partition coefficient (Wildman–Crippen LogP) is 2.23. The predicted molar refractivity (Wildman–Crippen MR) is 66.0 cm³/mol. The van der Waals surface area contributed by atoms with E-state index in [1.54, 1.807) is 6.07 Å². The van der Waals surface area contributed by atoms with Crippen molar-refractivity contribution in [1.82, 2.24) is 10.1 Å². The SMILES string of the molecule is NC1(c2noc(C3CC3)n2)CCc2c(F)cccc21. The van der Waals surface area contributed by atoms with E-state index in [9.17, 15) is 4.39 Å². The van der Waals surface area contributed by atoms with Gasteiger partial charge in [-0.05, 0) is 42.9 Å². The van der Waals surface area contributed by atoms with Gasteiger partial charge >= 0.3 is 0 Å². The van der Waals surface area contributed by atoms with Gasteiger partial charge in [0.05, 0.1) is 0 Å². The Morgan fingerprint density at radius 3 is 3.00 bits per heavy atom. The highest BCUT2D eigenvalue weighted by Gasteiger charge is 2.42. The third kappa shape index (κ3) is 1.54. The van der Waals surface area contributed by atoms with Gasteiger partial charge in [-0.1, -0.05) is 17.3 Å². The first-order valence-corrected chi connectivity index (χ1v) is 6.59. The van der Waals surface area contributed by atoms with Crippen LogP contribution < -0.4 is 5.73 Å². The number of halogens is 1. The number of fused-ring (bicyclic) bond motifs is 1. The van der Waals surface area contributed by atoms with Crippen LogP contribution in [0.15, 0.2) is 22.7 Å². The standard InChI is InChI=1S/C14H14FN3O/c15-11-3-1-2-10-9(11)6-7-14(10,16)13-17-12(19-18-13)8-4-5-8/h1-3,8H,4-7,16H2. The summed E-state index contributed by atoms with van der Waals surface area (Å²) in [5, 5.41) is 4.03. The topological polar surface area (TPSA) is 64.9 Å². The number of hydrogen-bond acceptors (Lipinski definition) is 4. The summed E-state index contributed by atoms with van der Waals surface area (Å²) in [4.78, 5) is 4.43. The van der Waals surface area contributed by atoms with Crippen molar-refractivity contribution in [2.24, 2.45) is 5.73 Å². The molecule has 19 heavy (non-hydrogen) atoms. The van der Waals surface area contributed by atoms with Crippen molar-refractivity contribution in [2.75, 3.05) is 0 Å². The van der Waals surface area contributed by atoms with Crippen molar-refractivity contribution in [3.63, 3.8) is 0 Å². The van der Waals surface area contributed by atoms with Gasteiger partial charge in [0.1, 0.15) is 11.4 Å². The minimum Gasteiger partial charge on any atom is -0.339 e. The summed E-state index contributed by atoms with van der Waals surface area (Å²) in [5.41, 5.74) is 7.10. The van der Waals surface area contributed by atoms with Crippen molar-refractivity contribution in [2.45, 2.75) is 37.1 Å². The highest BCUT2D eigenvalue weighted by atomic mass is 19.1. The Balaban J connectivity index is 1.80. The Bertz CT molecular complexity index is 650. The average molecular weight is 259 g/mol. The number of rotatable bonds is 2. The molecule has 1 aromatic heterocycles. The van der Waals surface area contributed by atoms with Gasteiger partial charge in [0.15, 0.2) is 5.82 Å². The molecule has 1 unspecified atom stereocenters. The summed E-state index contributed by atoms with van der Waals surface area (Å²) in [6.07, 6.45) is 3.44. The van der Waals surface area contributed by atoms with Gasteiger partial charge in [0.25, 0.3) is 0 Å². The zero-order valence-electron chi connectivity index (χ0n) is 10.4. The maximum Gasteiger partial charge on any atom is 0.229 e. The Kier molecular flexibility index (Phi) is 2.12. The van der Waals surface area contributed by atoms with Crippen LogP contribution >= 0.6 is 0 Å². The molecule has 1 atom stereocenters. The fourth-order valence-corrected chi connectivity index (χ4v) is 2.83. The van der Waals surface area contributed by atoms with E-state index in [1.807, 2.05) is 6.07 Å². The van der Waals surface area contributed by atoms with Gasteiger partial charge in [-0.15, -0.1) is 0 Å². The van der Waals surface area contributed by atoms with Crippen molar-refractivity contribution in [3.05, 3.63) is 46.9 Å². The molecular formula is C14H14FN3O. The first-order chi connectivity index (χ1) is 9.18. The van der Waals surface area contributed by atoms with E-state index in [2.05, 4.69) is 10.1 Å². The number of aromatic nitrogens is 2. The van der Waals surface area contributed by atoms with Crippen LogP contribution in [0.4, 0.5) is 4.39 Å². The van der Waals surface area contributed by atoms with Crippen LogP contribution in [0.3, 0.4) is 0 Å². The summed E-state index contributed by atoms with van der Waals surface area (Å²) < 4.78 is 19.1. The first kappa shape index (κ1) is 11.1. The van der Waals surface area contributed by atoms with Crippen LogP contribution in [-0.4, -0.2) is 10.1 Å². The minimum absolute atomic E-state index is 0.198. The molecule has 0 spiro atoms. The van der Waals surface area contributed by atoms with E-state index in [-0.39, 0.29) is 5.82 Å². The van der Waals surface area contributed by atoms with Crippen LogP contribution in [0.25, 0.3) is 0 Å². The average Bonchev–Trinajstić information content (AvgIpc) is 3.02. The quantitative estimate of drug-likeness (QED) is 0.898. The lowest BCUT2D eigenvalue weighted by Gasteiger charge is -2.20. The number of benzene rings is 1. The number of nitrogens with two attached hydrogens (primary N) is 1. The maximum atomic E-state index is 13.8.